The van der Waals surface area contributed by atoms with Gasteiger partial charge in [0.15, 0.2) is 0 Å². The summed E-state index contributed by atoms with van der Waals surface area (Å²) in [5, 5.41) is 7.91. The molecule has 3 heteroatoms. The minimum Gasteiger partial charge on any atom is -0.478 e. The predicted molar refractivity (Wildman–Crippen MR) is 38.8 cm³/mol. The quantitative estimate of drug-likeness (QED) is 0.458. The number of carbonyl (C=O) groups is 1. The summed E-state index contributed by atoms with van der Waals surface area (Å²) in [6, 6.07) is 0. The Hall–Kier alpha value is -0.500. The van der Waals surface area contributed by atoms with Gasteiger partial charge in [0, 0.05) is 11.5 Å². The monoisotopic (exact) mass is 150 g/mol. The van der Waals surface area contributed by atoms with Crippen LogP contribution in [0.3, 0.4) is 0 Å². The molecular weight excluding hydrogens is 140 g/mol. The van der Waals surface area contributed by atoms with E-state index in [4.69, 9.17) is 16.7 Å². The smallest absolute Gasteiger partial charge is 0.327 e. The third-order valence-electron chi connectivity index (χ3n) is 0.175. The van der Waals surface area contributed by atoms with Crippen molar-refractivity contribution < 1.29 is 9.90 Å². The molecule has 0 aliphatic heterocycles. The van der Waals surface area contributed by atoms with Crippen LogP contribution >= 0.6 is 11.6 Å². The number of rotatable bonds is 1. The molecule has 0 aliphatic carbocycles. The Morgan fingerprint density at radius 3 is 1.89 bits per heavy atom. The summed E-state index contributed by atoms with van der Waals surface area (Å²) in [6.07, 6.45) is 0.833. The van der Waals surface area contributed by atoms with Crippen molar-refractivity contribution in [3.8, 4) is 0 Å². The van der Waals surface area contributed by atoms with E-state index in [1.54, 1.807) is 0 Å². The fourth-order valence-corrected chi connectivity index (χ4v) is 0. The van der Waals surface area contributed by atoms with Gasteiger partial charge in [0.2, 0.25) is 0 Å². The lowest BCUT2D eigenvalue weighted by molar-refractivity contribution is -0.131. The Morgan fingerprint density at radius 2 is 1.89 bits per heavy atom. The highest BCUT2D eigenvalue weighted by molar-refractivity contribution is 6.20. The number of alkyl halides is 1. The summed E-state index contributed by atoms with van der Waals surface area (Å²) in [7, 11) is 0. The maximum absolute atomic E-state index is 9.25. The second-order valence-corrected chi connectivity index (χ2v) is 2.43. The summed E-state index contributed by atoms with van der Waals surface area (Å²) in [5.41, 5.74) is 0. The van der Waals surface area contributed by atoms with Crippen LogP contribution in [0.4, 0.5) is 0 Å². The molecule has 0 saturated heterocycles. The van der Waals surface area contributed by atoms with E-state index in [2.05, 4.69) is 6.58 Å². The third-order valence-corrected chi connectivity index (χ3v) is 0.175. The SMILES string of the molecule is C=CC(=O)O.CC(C)Cl. The van der Waals surface area contributed by atoms with Crippen LogP contribution in [0.15, 0.2) is 12.7 Å². The van der Waals surface area contributed by atoms with Gasteiger partial charge < -0.3 is 5.11 Å². The number of halogens is 1. The lowest BCUT2D eigenvalue weighted by atomic mass is 10.6. The van der Waals surface area contributed by atoms with E-state index in [0.717, 1.165) is 6.08 Å². The number of carboxylic acids is 1. The minimum atomic E-state index is -0.981. The molecule has 0 aromatic carbocycles. The first-order valence-corrected chi connectivity index (χ1v) is 2.93. The van der Waals surface area contributed by atoms with Gasteiger partial charge in [0.1, 0.15) is 0 Å². The zero-order chi connectivity index (χ0) is 7.86. The van der Waals surface area contributed by atoms with Crippen LogP contribution in [0.25, 0.3) is 0 Å². The van der Waals surface area contributed by atoms with Gasteiger partial charge in [-0.1, -0.05) is 6.58 Å². The third kappa shape index (κ3) is 101. The van der Waals surface area contributed by atoms with Crippen LogP contribution in [-0.2, 0) is 4.79 Å². The van der Waals surface area contributed by atoms with E-state index in [0.29, 0.717) is 5.38 Å². The molecule has 54 valence electrons. The predicted octanol–water partition coefficient (Wildman–Crippen LogP) is 1.89. The average molecular weight is 151 g/mol. The van der Waals surface area contributed by atoms with Crippen molar-refractivity contribution in [2.45, 2.75) is 19.2 Å². The zero-order valence-corrected chi connectivity index (χ0v) is 6.35. The van der Waals surface area contributed by atoms with Gasteiger partial charge in [0.25, 0.3) is 0 Å². The van der Waals surface area contributed by atoms with Gasteiger partial charge in [0.05, 0.1) is 0 Å². The Morgan fingerprint density at radius 1 is 1.78 bits per heavy atom. The van der Waals surface area contributed by atoms with Gasteiger partial charge in [-0.3, -0.25) is 0 Å². The molecule has 0 aromatic rings. The molecule has 2 nitrogen and oxygen atoms in total. The van der Waals surface area contributed by atoms with Crippen LogP contribution in [-0.4, -0.2) is 16.5 Å². The molecule has 0 atom stereocenters. The molecular formula is C6H11ClO2. The summed E-state index contributed by atoms with van der Waals surface area (Å²) in [4.78, 5) is 9.25. The summed E-state index contributed by atoms with van der Waals surface area (Å²) in [5.74, 6) is -0.981. The molecule has 0 rings (SSSR count). The molecule has 0 amide bonds. The number of hydrogen-bond donors (Lipinski definition) is 1. The Labute approximate surface area is 60.1 Å². The van der Waals surface area contributed by atoms with Crippen molar-refractivity contribution in [3.63, 3.8) is 0 Å². The number of carboxylic acid groups (broad SMARTS) is 1. The molecule has 0 saturated carbocycles. The van der Waals surface area contributed by atoms with Crippen LogP contribution in [0, 0.1) is 0 Å². The first-order valence-electron chi connectivity index (χ1n) is 2.50. The fourth-order valence-electron chi connectivity index (χ4n) is 0. The van der Waals surface area contributed by atoms with Crippen LogP contribution < -0.4 is 0 Å². The summed E-state index contributed by atoms with van der Waals surface area (Å²) in [6.45, 7) is 6.82. The molecule has 0 aliphatic rings. The molecule has 1 N–H and O–H groups in total. The molecule has 0 aromatic heterocycles. The number of aliphatic carboxylic acids is 1. The second kappa shape index (κ2) is 7.50. The van der Waals surface area contributed by atoms with Crippen LogP contribution in [0.2, 0.25) is 0 Å². The Bertz CT molecular complexity index is 86.3. The van der Waals surface area contributed by atoms with E-state index < -0.39 is 5.97 Å². The standard InChI is InChI=1S/C3H7Cl.C3H4O2/c1-3(2)4;1-2-3(4)5/h3H,1-2H3;2H,1H2,(H,4,5). The van der Waals surface area contributed by atoms with Crippen molar-refractivity contribution in [2.75, 3.05) is 0 Å². The van der Waals surface area contributed by atoms with E-state index in [9.17, 15) is 4.79 Å². The van der Waals surface area contributed by atoms with Crippen LogP contribution in [0.5, 0.6) is 0 Å². The van der Waals surface area contributed by atoms with Crippen molar-refractivity contribution in [1.29, 1.82) is 0 Å². The topological polar surface area (TPSA) is 37.3 Å². The van der Waals surface area contributed by atoms with Crippen molar-refractivity contribution >= 4 is 17.6 Å². The van der Waals surface area contributed by atoms with Gasteiger partial charge in [-0.2, -0.15) is 0 Å². The molecule has 0 unspecified atom stereocenters. The van der Waals surface area contributed by atoms with E-state index in [-0.39, 0.29) is 0 Å². The van der Waals surface area contributed by atoms with Crippen molar-refractivity contribution in [2.24, 2.45) is 0 Å². The molecule has 0 bridgehead atoms. The van der Waals surface area contributed by atoms with E-state index in [1.807, 2.05) is 13.8 Å². The first kappa shape index (κ1) is 11.3. The maximum atomic E-state index is 9.25. The van der Waals surface area contributed by atoms with Gasteiger partial charge in [-0.15, -0.1) is 11.6 Å². The number of hydrogen-bond acceptors (Lipinski definition) is 1. The summed E-state index contributed by atoms with van der Waals surface area (Å²) < 4.78 is 0. The summed E-state index contributed by atoms with van der Waals surface area (Å²) >= 11 is 5.27. The lowest BCUT2D eigenvalue weighted by Gasteiger charge is -1.76. The molecule has 0 spiro atoms. The minimum absolute atomic E-state index is 0.306. The highest BCUT2D eigenvalue weighted by Crippen LogP contribution is 1.84. The Kier molecular flexibility index (Phi) is 9.43. The zero-order valence-electron chi connectivity index (χ0n) is 5.60. The van der Waals surface area contributed by atoms with E-state index >= 15 is 0 Å². The fraction of sp³-hybridized carbons (Fsp3) is 0.500. The highest BCUT2D eigenvalue weighted by Gasteiger charge is 1.73. The highest BCUT2D eigenvalue weighted by atomic mass is 35.5. The molecule has 0 fully saturated rings. The average Bonchev–Trinajstić information content (AvgIpc) is 1.65. The Balaban J connectivity index is 0. The second-order valence-electron chi connectivity index (χ2n) is 1.56. The lowest BCUT2D eigenvalue weighted by Crippen LogP contribution is -1.82. The van der Waals surface area contributed by atoms with Gasteiger partial charge in [-0.05, 0) is 13.8 Å². The van der Waals surface area contributed by atoms with Gasteiger partial charge >= 0.3 is 5.97 Å². The van der Waals surface area contributed by atoms with Crippen molar-refractivity contribution in [3.05, 3.63) is 12.7 Å². The van der Waals surface area contributed by atoms with Crippen LogP contribution in [0.1, 0.15) is 13.8 Å². The van der Waals surface area contributed by atoms with Crippen molar-refractivity contribution in [1.82, 2.24) is 0 Å². The normalized spacial score (nSPS) is 7.56. The largest absolute Gasteiger partial charge is 0.478 e. The molecule has 0 heterocycles. The first-order chi connectivity index (χ1) is 4.00. The van der Waals surface area contributed by atoms with E-state index in [1.165, 1.54) is 0 Å². The van der Waals surface area contributed by atoms with Gasteiger partial charge in [-0.25, -0.2) is 4.79 Å². The molecule has 9 heavy (non-hydrogen) atoms. The molecule has 0 radical (unpaired) electrons. The maximum Gasteiger partial charge on any atom is 0.327 e.